The van der Waals surface area contributed by atoms with Crippen molar-refractivity contribution in [2.75, 3.05) is 12.8 Å². The summed E-state index contributed by atoms with van der Waals surface area (Å²) in [6.45, 7) is 0.0743. The summed E-state index contributed by atoms with van der Waals surface area (Å²) in [6.07, 6.45) is -0.604. The number of carbonyl (C=O) groups excluding carboxylic acids is 3. The van der Waals surface area contributed by atoms with Gasteiger partial charge in [0.1, 0.15) is 12.6 Å². The molecule has 0 aliphatic carbocycles. The zero-order valence-electron chi connectivity index (χ0n) is 15.0. The molecular weight excluding hydrogens is 348 g/mol. The maximum atomic E-state index is 12.2. The van der Waals surface area contributed by atoms with E-state index in [2.05, 4.69) is 5.32 Å². The lowest BCUT2D eigenvalue weighted by Gasteiger charge is -2.16. The van der Waals surface area contributed by atoms with Crippen molar-refractivity contribution in [1.82, 2.24) is 5.32 Å². The zero-order chi connectivity index (χ0) is 19.6. The van der Waals surface area contributed by atoms with Crippen molar-refractivity contribution in [3.05, 3.63) is 65.7 Å². The number of nitrogens with two attached hydrogens (primary N) is 1. The number of benzene rings is 2. The summed E-state index contributed by atoms with van der Waals surface area (Å²) in [5.74, 6) is -0.805. The summed E-state index contributed by atoms with van der Waals surface area (Å²) >= 11 is 0. The molecule has 2 aromatic rings. The van der Waals surface area contributed by atoms with Crippen LogP contribution in [0.2, 0.25) is 0 Å². The quantitative estimate of drug-likeness (QED) is 0.420. The number of amides is 1. The number of rotatable bonds is 8. The Morgan fingerprint density at radius 3 is 2.33 bits per heavy atom. The molecule has 3 N–H and O–H groups in total. The van der Waals surface area contributed by atoms with Crippen molar-refractivity contribution < 1.29 is 23.9 Å². The molecule has 142 valence electrons. The van der Waals surface area contributed by atoms with Crippen LogP contribution < -0.4 is 11.1 Å². The SMILES string of the molecule is COC(=O)C(CCC(=O)c1ccc(N)cc1)NC(=O)OCc1ccccc1. The van der Waals surface area contributed by atoms with Gasteiger partial charge in [-0.2, -0.15) is 0 Å². The number of esters is 1. The minimum absolute atomic E-state index is 0.0582. The largest absolute Gasteiger partial charge is 0.467 e. The molecule has 0 spiro atoms. The van der Waals surface area contributed by atoms with Crippen LogP contribution in [0, 0.1) is 0 Å². The van der Waals surface area contributed by atoms with Gasteiger partial charge in [-0.1, -0.05) is 30.3 Å². The second kappa shape index (κ2) is 9.96. The summed E-state index contributed by atoms with van der Waals surface area (Å²) in [6, 6.07) is 14.7. The first-order valence-electron chi connectivity index (χ1n) is 8.43. The fraction of sp³-hybridized carbons (Fsp3) is 0.250. The molecule has 0 fully saturated rings. The van der Waals surface area contributed by atoms with Gasteiger partial charge in [-0.05, 0) is 36.2 Å². The molecule has 0 aliphatic heterocycles. The average molecular weight is 370 g/mol. The lowest BCUT2D eigenvalue weighted by molar-refractivity contribution is -0.143. The number of ketones is 1. The van der Waals surface area contributed by atoms with Crippen LogP contribution in [0.3, 0.4) is 0 Å². The summed E-state index contributed by atoms with van der Waals surface area (Å²) in [4.78, 5) is 36.1. The molecule has 2 aromatic carbocycles. The normalized spacial score (nSPS) is 11.3. The number of alkyl carbamates (subject to hydrolysis) is 1. The second-order valence-corrected chi connectivity index (χ2v) is 5.87. The van der Waals surface area contributed by atoms with Crippen LogP contribution in [0.5, 0.6) is 0 Å². The first kappa shape index (κ1) is 20.0. The number of ether oxygens (including phenoxy) is 2. The van der Waals surface area contributed by atoms with Gasteiger partial charge in [0.25, 0.3) is 0 Å². The van der Waals surface area contributed by atoms with Crippen molar-refractivity contribution in [3.63, 3.8) is 0 Å². The van der Waals surface area contributed by atoms with Gasteiger partial charge in [0.15, 0.2) is 5.78 Å². The molecule has 7 nitrogen and oxygen atoms in total. The van der Waals surface area contributed by atoms with Gasteiger partial charge in [-0.25, -0.2) is 9.59 Å². The fourth-order valence-corrected chi connectivity index (χ4v) is 2.39. The van der Waals surface area contributed by atoms with Gasteiger partial charge >= 0.3 is 12.1 Å². The minimum atomic E-state index is -0.976. The van der Waals surface area contributed by atoms with Crippen LogP contribution in [-0.4, -0.2) is 31.0 Å². The van der Waals surface area contributed by atoms with Crippen LogP contribution in [0.15, 0.2) is 54.6 Å². The Hall–Kier alpha value is -3.35. The van der Waals surface area contributed by atoms with Crippen LogP contribution >= 0.6 is 0 Å². The number of nitrogen functional groups attached to an aromatic ring is 1. The topological polar surface area (TPSA) is 108 Å². The third-order valence-corrected chi connectivity index (χ3v) is 3.88. The van der Waals surface area contributed by atoms with E-state index in [0.29, 0.717) is 11.3 Å². The Kier molecular flexibility index (Phi) is 7.37. The Labute approximate surface area is 157 Å². The maximum Gasteiger partial charge on any atom is 0.408 e. The van der Waals surface area contributed by atoms with Gasteiger partial charge in [-0.15, -0.1) is 0 Å². The summed E-state index contributed by atoms with van der Waals surface area (Å²) < 4.78 is 9.79. The highest BCUT2D eigenvalue weighted by Gasteiger charge is 2.23. The summed E-state index contributed by atoms with van der Waals surface area (Å²) in [7, 11) is 1.22. The Bertz CT molecular complexity index is 775. The van der Waals surface area contributed by atoms with Crippen molar-refractivity contribution in [2.45, 2.75) is 25.5 Å². The van der Waals surface area contributed by atoms with E-state index in [4.69, 9.17) is 15.2 Å². The fourth-order valence-electron chi connectivity index (χ4n) is 2.39. The van der Waals surface area contributed by atoms with E-state index in [0.717, 1.165) is 5.56 Å². The van der Waals surface area contributed by atoms with Crippen molar-refractivity contribution in [1.29, 1.82) is 0 Å². The molecule has 7 heteroatoms. The zero-order valence-corrected chi connectivity index (χ0v) is 15.0. The number of hydrogen-bond acceptors (Lipinski definition) is 6. The highest BCUT2D eigenvalue weighted by molar-refractivity contribution is 5.96. The number of carbonyl (C=O) groups is 3. The molecule has 0 saturated carbocycles. The summed E-state index contributed by atoms with van der Waals surface area (Å²) in [5.41, 5.74) is 7.46. The van der Waals surface area contributed by atoms with E-state index in [-0.39, 0.29) is 25.2 Å². The van der Waals surface area contributed by atoms with Gasteiger partial charge in [0.2, 0.25) is 0 Å². The highest BCUT2D eigenvalue weighted by atomic mass is 16.6. The molecule has 0 heterocycles. The minimum Gasteiger partial charge on any atom is -0.467 e. The monoisotopic (exact) mass is 370 g/mol. The molecule has 0 aromatic heterocycles. The first-order chi connectivity index (χ1) is 13.0. The van der Waals surface area contributed by atoms with Gasteiger partial charge in [0.05, 0.1) is 7.11 Å². The third-order valence-electron chi connectivity index (χ3n) is 3.88. The lowest BCUT2D eigenvalue weighted by atomic mass is 10.0. The molecule has 1 amide bonds. The van der Waals surface area contributed by atoms with E-state index < -0.39 is 18.1 Å². The molecular formula is C20H22N2O5. The summed E-state index contributed by atoms with van der Waals surface area (Å²) in [5, 5.41) is 2.45. The van der Waals surface area contributed by atoms with Crippen LogP contribution in [-0.2, 0) is 20.9 Å². The molecule has 0 radical (unpaired) electrons. The van der Waals surface area contributed by atoms with Crippen LogP contribution in [0.25, 0.3) is 0 Å². The maximum absolute atomic E-state index is 12.2. The second-order valence-electron chi connectivity index (χ2n) is 5.87. The predicted molar refractivity (Wildman–Crippen MR) is 100.0 cm³/mol. The molecule has 27 heavy (non-hydrogen) atoms. The smallest absolute Gasteiger partial charge is 0.408 e. The van der Waals surface area contributed by atoms with Crippen LogP contribution in [0.4, 0.5) is 10.5 Å². The van der Waals surface area contributed by atoms with E-state index in [1.807, 2.05) is 30.3 Å². The predicted octanol–water partition coefficient (Wildman–Crippen LogP) is 2.70. The number of anilines is 1. The Balaban J connectivity index is 1.88. The van der Waals surface area contributed by atoms with Crippen molar-refractivity contribution >= 4 is 23.5 Å². The molecule has 0 aliphatic rings. The number of nitrogens with one attached hydrogen (secondary N) is 1. The van der Waals surface area contributed by atoms with E-state index in [1.54, 1.807) is 24.3 Å². The highest BCUT2D eigenvalue weighted by Crippen LogP contribution is 2.11. The van der Waals surface area contributed by atoms with E-state index >= 15 is 0 Å². The third kappa shape index (κ3) is 6.47. The van der Waals surface area contributed by atoms with Gasteiger partial charge < -0.3 is 20.5 Å². The standard InChI is InChI=1S/C20H22N2O5/c1-26-19(24)17(11-12-18(23)15-7-9-16(21)10-8-15)22-20(25)27-13-14-5-3-2-4-6-14/h2-10,17H,11-13,21H2,1H3,(H,22,25). The van der Waals surface area contributed by atoms with E-state index in [9.17, 15) is 14.4 Å². The number of methoxy groups -OCH3 is 1. The van der Waals surface area contributed by atoms with Gasteiger partial charge in [0, 0.05) is 17.7 Å². The Morgan fingerprint density at radius 2 is 1.70 bits per heavy atom. The molecule has 0 saturated heterocycles. The molecule has 1 unspecified atom stereocenters. The van der Waals surface area contributed by atoms with Crippen molar-refractivity contribution in [2.24, 2.45) is 0 Å². The Morgan fingerprint density at radius 1 is 1.04 bits per heavy atom. The lowest BCUT2D eigenvalue weighted by Crippen LogP contribution is -2.42. The molecule has 2 rings (SSSR count). The molecule has 0 bridgehead atoms. The van der Waals surface area contributed by atoms with E-state index in [1.165, 1.54) is 7.11 Å². The average Bonchev–Trinajstić information content (AvgIpc) is 2.70. The number of hydrogen-bond donors (Lipinski definition) is 2. The van der Waals surface area contributed by atoms with Gasteiger partial charge in [-0.3, -0.25) is 4.79 Å². The molecule has 1 atom stereocenters. The number of Topliss-reactive ketones (excluding diaryl/α,β-unsaturated/α-hetero) is 1. The van der Waals surface area contributed by atoms with Crippen molar-refractivity contribution in [3.8, 4) is 0 Å². The first-order valence-corrected chi connectivity index (χ1v) is 8.43. The van der Waals surface area contributed by atoms with Crippen LogP contribution in [0.1, 0.15) is 28.8 Å².